The molecule has 332 valence electrons. The van der Waals surface area contributed by atoms with Crippen LogP contribution in [0.5, 0.6) is 28.9 Å². The first-order valence-corrected chi connectivity index (χ1v) is 21.3. The Morgan fingerprint density at radius 2 is 1.58 bits per heavy atom. The van der Waals surface area contributed by atoms with Crippen LogP contribution in [-0.4, -0.2) is 110 Å². The van der Waals surface area contributed by atoms with Crippen LogP contribution in [0.25, 0.3) is 10.8 Å². The molecular formula is C44H54N7O10S-. The van der Waals surface area contributed by atoms with E-state index >= 15 is 0 Å². The summed E-state index contributed by atoms with van der Waals surface area (Å²) in [6.45, 7) is 12.8. The van der Waals surface area contributed by atoms with Gasteiger partial charge in [0.25, 0.3) is 0 Å². The summed E-state index contributed by atoms with van der Waals surface area (Å²) in [4.78, 5) is 24.8. The lowest BCUT2D eigenvalue weighted by Crippen LogP contribution is -2.38. The average molecular weight is 873 g/mol. The molecule has 5 aromatic rings. The third-order valence-corrected chi connectivity index (χ3v) is 10.1. The van der Waals surface area contributed by atoms with Gasteiger partial charge in [0.15, 0.2) is 0 Å². The highest BCUT2D eigenvalue weighted by atomic mass is 32.2. The number of aromatic nitrogens is 2. The van der Waals surface area contributed by atoms with Crippen molar-refractivity contribution in [2.45, 2.75) is 32.7 Å². The van der Waals surface area contributed by atoms with Crippen LogP contribution in [-0.2, 0) is 37.4 Å². The molecule has 1 aliphatic rings. The zero-order valence-corrected chi connectivity index (χ0v) is 36.4. The summed E-state index contributed by atoms with van der Waals surface area (Å²) in [5, 5.41) is 10.5. The van der Waals surface area contributed by atoms with Gasteiger partial charge in [0.2, 0.25) is 11.8 Å². The fraction of sp³-hybridized carbons (Fsp3) is 0.386. The molecule has 0 spiro atoms. The first-order valence-electron chi connectivity index (χ1n) is 20.2. The van der Waals surface area contributed by atoms with Gasteiger partial charge in [0, 0.05) is 89.9 Å². The molecule has 18 heteroatoms. The van der Waals surface area contributed by atoms with E-state index < -0.39 is 17.3 Å². The molecule has 1 aliphatic heterocycles. The van der Waals surface area contributed by atoms with E-state index in [1.165, 1.54) is 7.11 Å². The van der Waals surface area contributed by atoms with E-state index in [2.05, 4.69) is 35.5 Å². The van der Waals surface area contributed by atoms with Crippen LogP contribution in [0.15, 0.2) is 79.0 Å². The molecule has 0 radical (unpaired) electrons. The van der Waals surface area contributed by atoms with Gasteiger partial charge in [-0.2, -0.15) is 4.98 Å². The number of carbonyl (C=O) groups is 1. The summed E-state index contributed by atoms with van der Waals surface area (Å²) < 4.78 is 65.1. The van der Waals surface area contributed by atoms with Gasteiger partial charge in [-0.05, 0) is 29.2 Å². The maximum atomic E-state index is 13.5. The number of fused-ring (bicyclic) bond motifs is 1. The number of urea groups is 1. The highest BCUT2D eigenvalue weighted by Gasteiger charge is 2.21. The number of carbonyl (C=O) groups excluding carboxylic acids is 1. The first kappa shape index (κ1) is 45.9. The van der Waals surface area contributed by atoms with Crippen LogP contribution >= 0.6 is 0 Å². The van der Waals surface area contributed by atoms with Gasteiger partial charge in [-0.1, -0.05) is 51.1 Å². The zero-order valence-electron chi connectivity index (χ0n) is 35.6. The topological polar surface area (TPSA) is 199 Å². The number of nitrogens with one attached hydrogen (secondary N) is 4. The van der Waals surface area contributed by atoms with E-state index in [9.17, 15) is 13.6 Å². The molecule has 2 amide bonds. The summed E-state index contributed by atoms with van der Waals surface area (Å²) in [7, 11) is 3.04. The lowest BCUT2D eigenvalue weighted by atomic mass is 9.85. The number of benzene rings is 4. The molecule has 2 heterocycles. The minimum atomic E-state index is -2.48. The molecule has 1 saturated heterocycles. The van der Waals surface area contributed by atoms with E-state index in [1.54, 1.807) is 43.6 Å². The lowest BCUT2D eigenvalue weighted by molar-refractivity contribution is 0.00519. The molecule has 0 aliphatic carbocycles. The standard InChI is InChI=1S/C44H55N7O10S/c1-44(2,3)31-24-30(29-46-62(53)54)41(56-5)38(25-31)49-43(52)48-37-10-11-39(36-9-7-6-8-35(36)37)61-40-12-13-45-42(50-40)47-32-26-33(55-4)28-34(27-32)60-23-22-59-21-20-58-19-16-51-14-17-57-18-15-51/h6-13,24-28,46H,14-23,29H2,1-5H3,(H,53,54)(H,45,47,50)(H2,48,49,52)/p-1. The van der Waals surface area contributed by atoms with Crippen LogP contribution in [0.2, 0.25) is 0 Å². The molecule has 17 nitrogen and oxygen atoms in total. The smallest absolute Gasteiger partial charge is 0.323 e. The van der Waals surface area contributed by atoms with Gasteiger partial charge >= 0.3 is 6.03 Å². The van der Waals surface area contributed by atoms with Gasteiger partial charge < -0.3 is 53.7 Å². The van der Waals surface area contributed by atoms with E-state index in [-0.39, 0.29) is 23.8 Å². The SMILES string of the molecule is COc1cc(Nc2nccc(Oc3ccc(NC(=O)Nc4cc(C(C)(C)C)cc(CNS(=O)[O-])c4OC)c4ccccc34)n2)cc(OCCOCCOCCN2CCOCC2)c1. The van der Waals surface area contributed by atoms with Crippen molar-refractivity contribution in [3.8, 4) is 28.9 Å². The Kier molecular flexibility index (Phi) is 16.6. The van der Waals surface area contributed by atoms with Crippen molar-refractivity contribution in [3.05, 3.63) is 90.1 Å². The molecular weight excluding hydrogens is 819 g/mol. The Morgan fingerprint density at radius 1 is 0.855 bits per heavy atom. The molecule has 4 N–H and O–H groups in total. The minimum absolute atomic E-state index is 0.0168. The predicted octanol–water partition coefficient (Wildman–Crippen LogP) is 6.75. The number of amides is 2. The fourth-order valence-corrected chi connectivity index (χ4v) is 6.85. The zero-order chi connectivity index (χ0) is 43.9. The van der Waals surface area contributed by atoms with Crippen LogP contribution in [0.4, 0.5) is 27.8 Å². The summed E-state index contributed by atoms with van der Waals surface area (Å²) in [5.41, 5.74) is 2.70. The molecule has 1 fully saturated rings. The third-order valence-electron chi connectivity index (χ3n) is 9.74. The van der Waals surface area contributed by atoms with Crippen molar-refractivity contribution in [1.29, 1.82) is 0 Å². The number of anilines is 4. The molecule has 6 rings (SSSR count). The molecule has 0 bridgehead atoms. The quantitative estimate of drug-likeness (QED) is 0.0446. The summed E-state index contributed by atoms with van der Waals surface area (Å²) in [6, 6.07) is 21.2. The Morgan fingerprint density at radius 3 is 2.32 bits per heavy atom. The van der Waals surface area contributed by atoms with Crippen molar-refractivity contribution >= 4 is 51.1 Å². The number of methoxy groups -OCH3 is 2. The molecule has 1 atom stereocenters. The molecule has 1 unspecified atom stereocenters. The normalized spacial score (nSPS) is 13.6. The summed E-state index contributed by atoms with van der Waals surface area (Å²) in [5.74, 6) is 2.56. The maximum Gasteiger partial charge on any atom is 0.323 e. The number of hydrogen-bond donors (Lipinski definition) is 4. The van der Waals surface area contributed by atoms with Crippen LogP contribution < -0.4 is 39.6 Å². The molecule has 4 aromatic carbocycles. The van der Waals surface area contributed by atoms with Crippen LogP contribution in [0.3, 0.4) is 0 Å². The number of morpholine rings is 1. The average Bonchev–Trinajstić information content (AvgIpc) is 3.25. The second kappa shape index (κ2) is 22.5. The van der Waals surface area contributed by atoms with Crippen molar-refractivity contribution in [3.63, 3.8) is 0 Å². The monoisotopic (exact) mass is 872 g/mol. The van der Waals surface area contributed by atoms with E-state index in [4.69, 9.17) is 33.2 Å². The van der Waals surface area contributed by atoms with E-state index in [0.29, 0.717) is 84.0 Å². The predicted molar refractivity (Wildman–Crippen MR) is 237 cm³/mol. The van der Waals surface area contributed by atoms with Gasteiger partial charge in [0.05, 0.1) is 65.2 Å². The highest BCUT2D eigenvalue weighted by molar-refractivity contribution is 7.77. The number of hydrogen-bond acceptors (Lipinski definition) is 14. The molecule has 0 saturated carbocycles. The van der Waals surface area contributed by atoms with E-state index in [0.717, 1.165) is 43.8 Å². The Balaban J connectivity index is 1.06. The largest absolute Gasteiger partial charge is 0.760 e. The van der Waals surface area contributed by atoms with Crippen molar-refractivity contribution in [2.75, 3.05) is 96.1 Å². The Hall–Kier alpha value is -5.60. The third kappa shape index (κ3) is 13.4. The van der Waals surface area contributed by atoms with Crippen molar-refractivity contribution < 1.29 is 46.7 Å². The maximum absolute atomic E-state index is 13.5. The second-order valence-corrected chi connectivity index (χ2v) is 15.9. The second-order valence-electron chi connectivity index (χ2n) is 15.1. The lowest BCUT2D eigenvalue weighted by Gasteiger charge is -2.26. The first-order chi connectivity index (χ1) is 30.0. The summed E-state index contributed by atoms with van der Waals surface area (Å²) >= 11 is -2.48. The summed E-state index contributed by atoms with van der Waals surface area (Å²) in [6.07, 6.45) is 1.58. The van der Waals surface area contributed by atoms with E-state index in [1.807, 2.05) is 63.2 Å². The van der Waals surface area contributed by atoms with Crippen molar-refractivity contribution in [2.24, 2.45) is 0 Å². The van der Waals surface area contributed by atoms with Gasteiger partial charge in [-0.3, -0.25) is 9.11 Å². The van der Waals surface area contributed by atoms with Crippen LogP contribution in [0, 0.1) is 0 Å². The Labute approximate surface area is 364 Å². The number of ether oxygens (including phenoxy) is 7. The van der Waals surface area contributed by atoms with Gasteiger partial charge in [-0.25, -0.2) is 14.5 Å². The molecule has 62 heavy (non-hydrogen) atoms. The fourth-order valence-electron chi connectivity index (χ4n) is 6.57. The molecule has 1 aromatic heterocycles. The Bertz CT molecular complexity index is 2290. The van der Waals surface area contributed by atoms with Gasteiger partial charge in [-0.15, -0.1) is 0 Å². The number of nitrogens with zero attached hydrogens (tertiary/aromatic N) is 3. The number of rotatable bonds is 21. The minimum Gasteiger partial charge on any atom is -0.760 e. The van der Waals surface area contributed by atoms with Crippen LogP contribution in [0.1, 0.15) is 31.9 Å². The van der Waals surface area contributed by atoms with Gasteiger partial charge in [0.1, 0.15) is 29.6 Å². The highest BCUT2D eigenvalue weighted by Crippen LogP contribution is 2.37. The van der Waals surface area contributed by atoms with Crippen molar-refractivity contribution in [1.82, 2.24) is 19.6 Å².